The molecule has 0 nitrogen and oxygen atoms in total. The van der Waals surface area contributed by atoms with Crippen LogP contribution in [-0.4, -0.2) is 0 Å². The topological polar surface area (TPSA) is 0 Å². The summed E-state index contributed by atoms with van der Waals surface area (Å²) < 4.78 is 0. The molecule has 0 radical (unpaired) electrons. The number of rotatable bonds is 3. The standard InChI is InChI=1S/C49H30/c1-29-33(25-27-39-36-21-10-17-30-18-11-23-40(43(29)39)44(30)36)34-26-28-42-47-35(34)22-12-24-41(47)48-45(31-13-4-2-5-14-31)37-19-8-9-20-38(37)46(49(42)48)32-15-6-3-7-16-32/h2-28H,1H3. The molecule has 2 aliphatic rings. The zero-order chi connectivity index (χ0) is 32.2. The van der Waals surface area contributed by atoms with Crippen LogP contribution in [0.3, 0.4) is 0 Å². The third-order valence-electron chi connectivity index (χ3n) is 11.1. The van der Waals surface area contributed by atoms with Gasteiger partial charge in [0.2, 0.25) is 0 Å². The first-order chi connectivity index (χ1) is 24.3. The molecule has 9 aromatic rings. The Morgan fingerprint density at radius 2 is 0.735 bits per heavy atom. The highest BCUT2D eigenvalue weighted by Gasteiger charge is 2.32. The Bertz CT molecular complexity index is 2760. The molecule has 226 valence electrons. The van der Waals surface area contributed by atoms with Gasteiger partial charge in [-0.1, -0.05) is 164 Å². The minimum Gasteiger partial charge on any atom is -0.0622 e. The molecule has 2 aliphatic carbocycles. The lowest BCUT2D eigenvalue weighted by atomic mass is 9.82. The minimum atomic E-state index is 1.25. The Hall–Kier alpha value is -6.24. The van der Waals surface area contributed by atoms with Crippen LogP contribution in [0.2, 0.25) is 0 Å². The van der Waals surface area contributed by atoms with E-state index in [0.717, 1.165) is 0 Å². The average molecular weight is 619 g/mol. The van der Waals surface area contributed by atoms with Crippen molar-refractivity contribution in [1.29, 1.82) is 0 Å². The van der Waals surface area contributed by atoms with Crippen LogP contribution in [0.25, 0.3) is 110 Å². The number of benzene rings is 9. The highest BCUT2D eigenvalue weighted by Crippen LogP contribution is 2.59. The van der Waals surface area contributed by atoms with Crippen LogP contribution in [0.15, 0.2) is 164 Å². The van der Waals surface area contributed by atoms with Crippen molar-refractivity contribution < 1.29 is 0 Å². The molecule has 0 bridgehead atoms. The maximum absolute atomic E-state index is 2.41. The second-order valence-electron chi connectivity index (χ2n) is 13.5. The lowest BCUT2D eigenvalue weighted by Gasteiger charge is -2.20. The van der Waals surface area contributed by atoms with E-state index in [1.807, 2.05) is 0 Å². The van der Waals surface area contributed by atoms with Crippen molar-refractivity contribution in [2.24, 2.45) is 0 Å². The molecule has 0 heterocycles. The molecular formula is C49H30. The average Bonchev–Trinajstić information content (AvgIpc) is 3.67. The zero-order valence-electron chi connectivity index (χ0n) is 27.1. The Labute approximate surface area is 285 Å². The molecule has 49 heavy (non-hydrogen) atoms. The van der Waals surface area contributed by atoms with E-state index in [1.54, 1.807) is 0 Å². The van der Waals surface area contributed by atoms with Gasteiger partial charge in [0.25, 0.3) is 0 Å². The molecule has 0 unspecified atom stereocenters. The van der Waals surface area contributed by atoms with E-state index in [2.05, 4.69) is 171 Å². The number of hydrogen-bond acceptors (Lipinski definition) is 0. The smallest absolute Gasteiger partial charge is 0.000741 e. The number of hydrogen-bond donors (Lipinski definition) is 0. The third-order valence-corrected chi connectivity index (χ3v) is 11.1. The van der Waals surface area contributed by atoms with Crippen molar-refractivity contribution in [1.82, 2.24) is 0 Å². The summed E-state index contributed by atoms with van der Waals surface area (Å²) in [7, 11) is 0. The Kier molecular flexibility index (Phi) is 5.41. The summed E-state index contributed by atoms with van der Waals surface area (Å²) in [5.41, 5.74) is 19.8. The Morgan fingerprint density at radius 3 is 1.39 bits per heavy atom. The van der Waals surface area contributed by atoms with Crippen molar-refractivity contribution in [3.63, 3.8) is 0 Å². The predicted molar refractivity (Wildman–Crippen MR) is 209 cm³/mol. The van der Waals surface area contributed by atoms with Gasteiger partial charge in [-0.05, 0) is 123 Å². The highest BCUT2D eigenvalue weighted by atomic mass is 14.3. The summed E-state index contributed by atoms with van der Waals surface area (Å²) in [5, 5.41) is 7.94. The molecule has 0 atom stereocenters. The van der Waals surface area contributed by atoms with Gasteiger partial charge in [-0.2, -0.15) is 0 Å². The fraction of sp³-hybridized carbons (Fsp3) is 0.0204. The molecule has 0 heteroatoms. The second kappa shape index (κ2) is 9.89. The van der Waals surface area contributed by atoms with Gasteiger partial charge >= 0.3 is 0 Å². The first-order valence-electron chi connectivity index (χ1n) is 17.2. The van der Waals surface area contributed by atoms with Crippen LogP contribution >= 0.6 is 0 Å². The van der Waals surface area contributed by atoms with Crippen LogP contribution < -0.4 is 0 Å². The lowest BCUT2D eigenvalue weighted by Crippen LogP contribution is -1.93. The van der Waals surface area contributed by atoms with E-state index in [0.29, 0.717) is 0 Å². The van der Waals surface area contributed by atoms with Gasteiger partial charge in [0, 0.05) is 0 Å². The fourth-order valence-corrected chi connectivity index (χ4v) is 9.19. The molecule has 0 saturated heterocycles. The van der Waals surface area contributed by atoms with Crippen molar-refractivity contribution in [2.75, 3.05) is 0 Å². The lowest BCUT2D eigenvalue weighted by molar-refractivity contribution is 1.47. The molecule has 11 rings (SSSR count). The molecular weight excluding hydrogens is 589 g/mol. The first kappa shape index (κ1) is 26.8. The maximum Gasteiger partial charge on any atom is -0.000741 e. The number of fused-ring (bicyclic) bond motifs is 7. The van der Waals surface area contributed by atoms with Gasteiger partial charge in [0.15, 0.2) is 0 Å². The van der Waals surface area contributed by atoms with Crippen LogP contribution in [-0.2, 0) is 0 Å². The monoisotopic (exact) mass is 618 g/mol. The third kappa shape index (κ3) is 3.53. The molecule has 0 fully saturated rings. The SMILES string of the molecule is Cc1c(-c2ccc3c4c(cccc24)-c2c-3c(-c3ccccc3)c3ccccc3c2-c2ccccc2)ccc2c1-c1cccc3cccc-2c13. The van der Waals surface area contributed by atoms with Gasteiger partial charge in [-0.15, -0.1) is 0 Å². The van der Waals surface area contributed by atoms with Gasteiger partial charge in [0.05, 0.1) is 0 Å². The zero-order valence-corrected chi connectivity index (χ0v) is 27.1. The fourth-order valence-electron chi connectivity index (χ4n) is 9.19. The quantitative estimate of drug-likeness (QED) is 0.185. The summed E-state index contributed by atoms with van der Waals surface area (Å²) >= 11 is 0. The molecule has 0 saturated carbocycles. The molecule has 9 aromatic carbocycles. The Balaban J connectivity index is 1.24. The minimum absolute atomic E-state index is 1.25. The maximum atomic E-state index is 2.41. The predicted octanol–water partition coefficient (Wildman–Crippen LogP) is 13.8. The normalized spacial score (nSPS) is 12.2. The second-order valence-corrected chi connectivity index (χ2v) is 13.5. The van der Waals surface area contributed by atoms with Crippen LogP contribution in [0.5, 0.6) is 0 Å². The van der Waals surface area contributed by atoms with Crippen LogP contribution in [0, 0.1) is 6.92 Å². The van der Waals surface area contributed by atoms with Gasteiger partial charge in [-0.3, -0.25) is 0 Å². The summed E-state index contributed by atoms with van der Waals surface area (Å²) in [6.45, 7) is 2.32. The highest BCUT2D eigenvalue weighted by molar-refractivity contribution is 6.29. The molecule has 0 aliphatic heterocycles. The van der Waals surface area contributed by atoms with E-state index in [4.69, 9.17) is 0 Å². The van der Waals surface area contributed by atoms with Gasteiger partial charge < -0.3 is 0 Å². The Morgan fingerprint density at radius 1 is 0.265 bits per heavy atom. The summed E-state index contributed by atoms with van der Waals surface area (Å²) in [4.78, 5) is 0. The summed E-state index contributed by atoms with van der Waals surface area (Å²) in [5.74, 6) is 0. The van der Waals surface area contributed by atoms with Crippen LogP contribution in [0.1, 0.15) is 5.56 Å². The molecule has 0 N–H and O–H groups in total. The van der Waals surface area contributed by atoms with Crippen molar-refractivity contribution in [2.45, 2.75) is 6.92 Å². The van der Waals surface area contributed by atoms with E-state index in [9.17, 15) is 0 Å². The summed E-state index contributed by atoms with van der Waals surface area (Å²) in [6.07, 6.45) is 0. The largest absolute Gasteiger partial charge is 0.0622 e. The summed E-state index contributed by atoms with van der Waals surface area (Å²) in [6, 6.07) is 60.9. The molecule has 0 spiro atoms. The molecule has 0 amide bonds. The molecule has 0 aromatic heterocycles. The van der Waals surface area contributed by atoms with E-state index in [-0.39, 0.29) is 0 Å². The van der Waals surface area contributed by atoms with Gasteiger partial charge in [0.1, 0.15) is 0 Å². The van der Waals surface area contributed by atoms with Crippen molar-refractivity contribution in [3.8, 4) is 77.9 Å². The van der Waals surface area contributed by atoms with Crippen LogP contribution in [0.4, 0.5) is 0 Å². The van der Waals surface area contributed by atoms with E-state index >= 15 is 0 Å². The van der Waals surface area contributed by atoms with E-state index in [1.165, 1.54) is 116 Å². The van der Waals surface area contributed by atoms with E-state index < -0.39 is 0 Å². The first-order valence-corrected chi connectivity index (χ1v) is 17.2. The van der Waals surface area contributed by atoms with Gasteiger partial charge in [-0.25, -0.2) is 0 Å². The van der Waals surface area contributed by atoms with Crippen molar-refractivity contribution in [3.05, 3.63) is 169 Å². The van der Waals surface area contributed by atoms with Crippen molar-refractivity contribution >= 4 is 32.3 Å².